The number of benzene rings is 1. The molecule has 1 aromatic heterocycles. The van der Waals surface area contributed by atoms with Crippen LogP contribution in [0.4, 0.5) is 0 Å². The van der Waals surface area contributed by atoms with Crippen molar-refractivity contribution in [2.75, 3.05) is 32.8 Å². The number of halogens is 1. The molecule has 4 rings (SSSR count). The van der Waals surface area contributed by atoms with Crippen molar-refractivity contribution in [3.8, 4) is 5.75 Å². The van der Waals surface area contributed by atoms with E-state index in [0.29, 0.717) is 23.6 Å². The molecule has 2 fully saturated rings. The highest BCUT2D eigenvalue weighted by atomic mass is 35.5. The molecule has 156 valence electrons. The van der Waals surface area contributed by atoms with Gasteiger partial charge in [0, 0.05) is 50.6 Å². The smallest absolute Gasteiger partial charge is 0.219 e. The fourth-order valence-corrected chi connectivity index (χ4v) is 4.65. The van der Waals surface area contributed by atoms with E-state index in [9.17, 15) is 4.79 Å². The summed E-state index contributed by atoms with van der Waals surface area (Å²) in [4.78, 5) is 16.1. The quantitative estimate of drug-likeness (QED) is 0.783. The number of amides is 1. The van der Waals surface area contributed by atoms with Crippen LogP contribution in [-0.4, -0.2) is 64.7 Å². The number of nitrogens with one attached hydrogen (secondary N) is 1. The van der Waals surface area contributed by atoms with E-state index in [-0.39, 0.29) is 5.91 Å². The summed E-state index contributed by atoms with van der Waals surface area (Å²) in [5, 5.41) is 8.38. The molecule has 0 unspecified atom stereocenters. The van der Waals surface area contributed by atoms with Gasteiger partial charge >= 0.3 is 0 Å². The van der Waals surface area contributed by atoms with Crippen LogP contribution in [0.2, 0.25) is 5.02 Å². The Hall–Kier alpha value is -2.05. The van der Waals surface area contributed by atoms with E-state index < -0.39 is 0 Å². The number of rotatable bonds is 6. The van der Waals surface area contributed by atoms with E-state index in [1.54, 1.807) is 6.92 Å². The number of carbonyl (C=O) groups is 1. The summed E-state index contributed by atoms with van der Waals surface area (Å²) >= 11 is 6.13. The highest BCUT2D eigenvalue weighted by Gasteiger charge is 2.32. The molecule has 0 radical (unpaired) electrons. The predicted molar refractivity (Wildman–Crippen MR) is 113 cm³/mol. The summed E-state index contributed by atoms with van der Waals surface area (Å²) in [5.74, 6) is 1.40. The van der Waals surface area contributed by atoms with Crippen LogP contribution in [0, 0.1) is 0 Å². The minimum Gasteiger partial charge on any atom is -0.492 e. The lowest BCUT2D eigenvalue weighted by atomic mass is 10.0. The topological polar surface area (TPSA) is 61.5 Å². The van der Waals surface area contributed by atoms with Crippen LogP contribution in [0.25, 0.3) is 0 Å². The molecule has 0 aliphatic carbocycles. The zero-order chi connectivity index (χ0) is 20.2. The maximum Gasteiger partial charge on any atom is 0.219 e. The number of piperidine rings is 1. The first-order valence-corrected chi connectivity index (χ1v) is 10.9. The molecule has 1 aromatic carbocycles. The number of hydrogen-bond acceptors (Lipinski definition) is 4. The van der Waals surface area contributed by atoms with Gasteiger partial charge in [0.1, 0.15) is 5.75 Å². The molecular weight excluding hydrogens is 388 g/mol. The number of ether oxygens (including phenoxy) is 1. The highest BCUT2D eigenvalue weighted by molar-refractivity contribution is 6.32. The number of para-hydroxylation sites is 1. The predicted octanol–water partition coefficient (Wildman–Crippen LogP) is 3.48. The summed E-state index contributed by atoms with van der Waals surface area (Å²) in [6.45, 7) is 6.19. The molecule has 2 aliphatic heterocycles. The monoisotopic (exact) mass is 416 g/mol. The van der Waals surface area contributed by atoms with Crippen LogP contribution >= 0.6 is 11.6 Å². The molecule has 6 nitrogen and oxygen atoms in total. The van der Waals surface area contributed by atoms with Crippen molar-refractivity contribution in [1.82, 2.24) is 20.0 Å². The molecule has 2 saturated heterocycles. The number of nitrogens with zero attached hydrogens (tertiary/aromatic N) is 3. The molecule has 0 saturated carbocycles. The van der Waals surface area contributed by atoms with Crippen molar-refractivity contribution in [2.45, 2.75) is 44.6 Å². The van der Waals surface area contributed by atoms with Crippen LogP contribution in [0.3, 0.4) is 0 Å². The molecular formula is C22H29ClN4O2. The number of aromatic nitrogens is 2. The maximum atomic E-state index is 11.5. The summed E-state index contributed by atoms with van der Waals surface area (Å²) < 4.78 is 5.78. The van der Waals surface area contributed by atoms with E-state index in [4.69, 9.17) is 16.3 Å². The molecule has 1 N–H and O–H groups in total. The van der Waals surface area contributed by atoms with Crippen LogP contribution in [0.5, 0.6) is 5.75 Å². The second kappa shape index (κ2) is 9.18. The van der Waals surface area contributed by atoms with Gasteiger partial charge in [0.05, 0.1) is 17.3 Å². The fourth-order valence-electron chi connectivity index (χ4n) is 4.46. The Balaban J connectivity index is 1.25. The third-order valence-corrected chi connectivity index (χ3v) is 6.49. The van der Waals surface area contributed by atoms with E-state index in [0.717, 1.165) is 69.0 Å². The minimum absolute atomic E-state index is 0.199. The Morgan fingerprint density at radius 2 is 2.03 bits per heavy atom. The Morgan fingerprint density at radius 1 is 1.24 bits per heavy atom. The standard InChI is InChI=1S/C22H29ClN4O2/c1-16(28)26-11-7-19(8-12-26)27-10-6-17(15-27)21-14-18(24-25-21)9-13-29-22-5-3-2-4-20(22)23/h2-5,14,17,19H,6-13,15H2,1H3,(H,24,25)/t17-/m1/s1. The van der Waals surface area contributed by atoms with Gasteiger partial charge in [-0.15, -0.1) is 0 Å². The highest BCUT2D eigenvalue weighted by Crippen LogP contribution is 2.30. The number of carbonyl (C=O) groups excluding carboxylic acids is 1. The van der Waals surface area contributed by atoms with Gasteiger partial charge in [-0.2, -0.15) is 5.10 Å². The van der Waals surface area contributed by atoms with E-state index in [1.165, 1.54) is 0 Å². The SMILES string of the molecule is CC(=O)N1CCC(N2CC[C@@H](c3cc(CCOc4ccccc4Cl)[nH]n3)C2)CC1. The summed E-state index contributed by atoms with van der Waals surface area (Å²) in [7, 11) is 0. The second-order valence-corrected chi connectivity index (χ2v) is 8.47. The first-order valence-electron chi connectivity index (χ1n) is 10.5. The van der Waals surface area contributed by atoms with Gasteiger partial charge in [-0.05, 0) is 44.0 Å². The summed E-state index contributed by atoms with van der Waals surface area (Å²) in [6, 6.07) is 10.3. The molecule has 0 bridgehead atoms. The van der Waals surface area contributed by atoms with Crippen LogP contribution in [0.15, 0.2) is 30.3 Å². The van der Waals surface area contributed by atoms with Gasteiger partial charge in [-0.3, -0.25) is 14.8 Å². The van der Waals surface area contributed by atoms with Crippen molar-refractivity contribution in [2.24, 2.45) is 0 Å². The van der Waals surface area contributed by atoms with Crippen molar-refractivity contribution < 1.29 is 9.53 Å². The van der Waals surface area contributed by atoms with E-state index in [1.807, 2.05) is 29.2 Å². The number of aromatic amines is 1. The van der Waals surface area contributed by atoms with Gasteiger partial charge < -0.3 is 9.64 Å². The van der Waals surface area contributed by atoms with E-state index >= 15 is 0 Å². The molecule has 2 aromatic rings. The van der Waals surface area contributed by atoms with Crippen molar-refractivity contribution >= 4 is 17.5 Å². The lowest BCUT2D eigenvalue weighted by molar-refractivity contribution is -0.130. The Bertz CT molecular complexity index is 832. The largest absolute Gasteiger partial charge is 0.492 e. The van der Waals surface area contributed by atoms with Gasteiger partial charge in [0.2, 0.25) is 5.91 Å². The first-order chi connectivity index (χ1) is 14.1. The van der Waals surface area contributed by atoms with E-state index in [2.05, 4.69) is 21.2 Å². The zero-order valence-corrected chi connectivity index (χ0v) is 17.7. The van der Waals surface area contributed by atoms with Crippen LogP contribution in [-0.2, 0) is 11.2 Å². The second-order valence-electron chi connectivity index (χ2n) is 8.06. The number of hydrogen-bond donors (Lipinski definition) is 1. The Labute approximate surface area is 177 Å². The molecule has 1 amide bonds. The number of H-pyrrole nitrogens is 1. The maximum absolute atomic E-state index is 11.5. The molecule has 0 spiro atoms. The third-order valence-electron chi connectivity index (χ3n) is 6.18. The van der Waals surface area contributed by atoms with Gasteiger partial charge in [-0.1, -0.05) is 23.7 Å². The van der Waals surface area contributed by atoms with Crippen molar-refractivity contribution in [3.63, 3.8) is 0 Å². The first kappa shape index (κ1) is 20.2. The van der Waals surface area contributed by atoms with Crippen LogP contribution in [0.1, 0.15) is 43.5 Å². The average molecular weight is 417 g/mol. The third kappa shape index (κ3) is 4.93. The summed E-state index contributed by atoms with van der Waals surface area (Å²) in [6.07, 6.45) is 4.08. The number of likely N-dealkylation sites (tertiary alicyclic amines) is 2. The Morgan fingerprint density at radius 3 is 2.79 bits per heavy atom. The Kier molecular flexibility index (Phi) is 6.40. The molecule has 2 aliphatic rings. The fraction of sp³-hybridized carbons (Fsp3) is 0.545. The van der Waals surface area contributed by atoms with Crippen molar-refractivity contribution in [3.05, 3.63) is 46.7 Å². The lowest BCUT2D eigenvalue weighted by Gasteiger charge is -2.36. The molecule has 29 heavy (non-hydrogen) atoms. The normalized spacial score (nSPS) is 20.9. The minimum atomic E-state index is 0.199. The lowest BCUT2D eigenvalue weighted by Crippen LogP contribution is -2.45. The van der Waals surface area contributed by atoms with Gasteiger partial charge in [-0.25, -0.2) is 0 Å². The van der Waals surface area contributed by atoms with Gasteiger partial charge in [0.15, 0.2) is 0 Å². The summed E-state index contributed by atoms with van der Waals surface area (Å²) in [5.41, 5.74) is 2.25. The zero-order valence-electron chi connectivity index (χ0n) is 16.9. The average Bonchev–Trinajstić information content (AvgIpc) is 3.39. The molecule has 7 heteroatoms. The van der Waals surface area contributed by atoms with Crippen molar-refractivity contribution in [1.29, 1.82) is 0 Å². The molecule has 1 atom stereocenters. The molecule has 3 heterocycles. The van der Waals surface area contributed by atoms with Crippen LogP contribution < -0.4 is 4.74 Å². The van der Waals surface area contributed by atoms with Gasteiger partial charge in [0.25, 0.3) is 0 Å².